The maximum atomic E-state index is 12.7. The Morgan fingerprint density at radius 2 is 1.93 bits per heavy atom. The van der Waals surface area contributed by atoms with Crippen LogP contribution in [0, 0.1) is 13.8 Å². The Morgan fingerprint density at radius 1 is 1.14 bits per heavy atom. The Kier molecular flexibility index (Phi) is 4.95. The molecule has 1 amide bonds. The second-order valence-corrected chi connectivity index (χ2v) is 6.93. The molecule has 1 N–H and O–H groups in total. The number of nitrogens with one attached hydrogen (secondary N) is 1. The topological polar surface area (TPSA) is 90.0 Å². The van der Waals surface area contributed by atoms with Crippen molar-refractivity contribution in [1.29, 1.82) is 0 Å². The molecule has 0 aliphatic heterocycles. The minimum atomic E-state index is -0.357. The van der Waals surface area contributed by atoms with E-state index in [9.17, 15) is 9.59 Å². The zero-order valence-electron chi connectivity index (χ0n) is 16.2. The lowest BCUT2D eigenvalue weighted by atomic mass is 10.1. The van der Waals surface area contributed by atoms with Gasteiger partial charge in [-0.25, -0.2) is 4.98 Å². The average Bonchev–Trinajstić information content (AvgIpc) is 3.15. The molecule has 2 heterocycles. The Labute approximate surface area is 167 Å². The van der Waals surface area contributed by atoms with Crippen LogP contribution in [-0.2, 0) is 11.3 Å². The summed E-state index contributed by atoms with van der Waals surface area (Å²) >= 11 is 0. The van der Waals surface area contributed by atoms with Crippen molar-refractivity contribution in [1.82, 2.24) is 14.7 Å². The zero-order valence-corrected chi connectivity index (χ0v) is 16.2. The van der Waals surface area contributed by atoms with E-state index in [0.29, 0.717) is 11.2 Å². The third kappa shape index (κ3) is 3.80. The molecule has 4 rings (SSSR count). The van der Waals surface area contributed by atoms with Crippen LogP contribution >= 0.6 is 0 Å². The predicted molar refractivity (Wildman–Crippen MR) is 111 cm³/mol. The van der Waals surface area contributed by atoms with Crippen molar-refractivity contribution in [2.24, 2.45) is 0 Å². The first-order valence-corrected chi connectivity index (χ1v) is 9.30. The van der Waals surface area contributed by atoms with Crippen molar-refractivity contribution in [3.05, 3.63) is 76.3 Å². The number of carbonyl (C=O) groups excluding carboxylic acids is 1. The van der Waals surface area contributed by atoms with Gasteiger partial charge in [-0.05, 0) is 25.5 Å². The van der Waals surface area contributed by atoms with E-state index in [1.807, 2.05) is 62.4 Å². The summed E-state index contributed by atoms with van der Waals surface area (Å²) in [4.78, 5) is 29.3. The van der Waals surface area contributed by atoms with Crippen molar-refractivity contribution < 1.29 is 9.32 Å². The molecule has 4 aromatic rings. The fourth-order valence-electron chi connectivity index (χ4n) is 3.19. The van der Waals surface area contributed by atoms with Crippen LogP contribution < -0.4 is 10.9 Å². The predicted octanol–water partition coefficient (Wildman–Crippen LogP) is 3.70. The lowest BCUT2D eigenvalue weighted by Crippen LogP contribution is -2.23. The summed E-state index contributed by atoms with van der Waals surface area (Å²) < 4.78 is 6.62. The van der Waals surface area contributed by atoms with Gasteiger partial charge in [-0.1, -0.05) is 53.2 Å². The third-order valence-electron chi connectivity index (χ3n) is 4.73. The largest absolute Gasteiger partial charge is 0.348 e. The van der Waals surface area contributed by atoms with Gasteiger partial charge in [-0.15, -0.1) is 0 Å². The summed E-state index contributed by atoms with van der Waals surface area (Å²) in [6.45, 7) is 4.14. The van der Waals surface area contributed by atoms with E-state index in [1.165, 1.54) is 10.9 Å². The molecule has 0 spiro atoms. The normalized spacial score (nSPS) is 11.0. The average molecular weight is 388 g/mol. The number of benzene rings is 2. The fourth-order valence-corrected chi connectivity index (χ4v) is 3.19. The molecule has 29 heavy (non-hydrogen) atoms. The summed E-state index contributed by atoms with van der Waals surface area (Å²) in [5.74, 6) is -0.175. The first kappa shape index (κ1) is 18.6. The van der Waals surface area contributed by atoms with Gasteiger partial charge >= 0.3 is 0 Å². The summed E-state index contributed by atoms with van der Waals surface area (Å²) in [5, 5.41) is 6.88. The van der Waals surface area contributed by atoms with Gasteiger partial charge in [0, 0.05) is 24.2 Å². The van der Waals surface area contributed by atoms with Crippen LogP contribution in [0.5, 0.6) is 0 Å². The molecule has 0 radical (unpaired) electrons. The van der Waals surface area contributed by atoms with Gasteiger partial charge in [-0.3, -0.25) is 14.2 Å². The molecule has 7 nitrogen and oxygen atoms in total. The van der Waals surface area contributed by atoms with E-state index in [1.54, 1.807) is 0 Å². The number of nitrogens with zero attached hydrogens (tertiary/aromatic N) is 3. The smallest absolute Gasteiger partial charge is 0.299 e. The molecule has 146 valence electrons. The van der Waals surface area contributed by atoms with Gasteiger partial charge < -0.3 is 9.84 Å². The zero-order chi connectivity index (χ0) is 20.4. The van der Waals surface area contributed by atoms with Crippen molar-refractivity contribution in [3.63, 3.8) is 0 Å². The maximum absolute atomic E-state index is 12.7. The lowest BCUT2D eigenvalue weighted by molar-refractivity contribution is -0.116. The van der Waals surface area contributed by atoms with E-state index in [0.717, 1.165) is 22.4 Å². The number of carbonyl (C=O) groups is 1. The first-order valence-electron chi connectivity index (χ1n) is 9.30. The molecule has 7 heteroatoms. The number of anilines is 1. The van der Waals surface area contributed by atoms with Crippen LogP contribution in [0.3, 0.4) is 0 Å². The Morgan fingerprint density at radius 3 is 2.69 bits per heavy atom. The van der Waals surface area contributed by atoms with Crippen molar-refractivity contribution in [2.45, 2.75) is 26.8 Å². The van der Waals surface area contributed by atoms with Crippen LogP contribution in [0.4, 0.5) is 5.69 Å². The van der Waals surface area contributed by atoms with Crippen LogP contribution in [0.1, 0.15) is 17.5 Å². The van der Waals surface area contributed by atoms with E-state index >= 15 is 0 Å². The highest BCUT2D eigenvalue weighted by Gasteiger charge is 2.16. The Bertz CT molecular complexity index is 1240. The molecule has 0 aliphatic rings. The van der Waals surface area contributed by atoms with Crippen LogP contribution in [-0.4, -0.2) is 20.6 Å². The standard InChI is InChI=1S/C22H20N4O3/c1-14-8-9-17(15(2)12-14)24-18(27)10-11-26-13-23-20-19(16-6-4-3-5-7-16)25-29-21(20)22(26)28/h3-9,12-13H,10-11H2,1-2H3,(H,24,27). The number of aryl methyl sites for hydroxylation is 3. The van der Waals surface area contributed by atoms with Crippen molar-refractivity contribution >= 4 is 22.7 Å². The maximum Gasteiger partial charge on any atom is 0.299 e. The highest BCUT2D eigenvalue weighted by atomic mass is 16.5. The van der Waals surface area contributed by atoms with Crippen LogP contribution in [0.2, 0.25) is 0 Å². The monoisotopic (exact) mass is 388 g/mol. The highest BCUT2D eigenvalue weighted by Crippen LogP contribution is 2.24. The van der Waals surface area contributed by atoms with Gasteiger partial charge in [0.15, 0.2) is 0 Å². The molecule has 0 aliphatic carbocycles. The minimum absolute atomic E-state index is 0.0844. The van der Waals surface area contributed by atoms with E-state index in [2.05, 4.69) is 15.5 Å². The molecule has 2 aromatic carbocycles. The van der Waals surface area contributed by atoms with Gasteiger partial charge in [0.2, 0.25) is 5.91 Å². The molecular formula is C22H20N4O3. The number of hydrogen-bond donors (Lipinski definition) is 1. The number of rotatable bonds is 5. The first-order chi connectivity index (χ1) is 14.0. The summed E-state index contributed by atoms with van der Waals surface area (Å²) in [6, 6.07) is 15.2. The Balaban J connectivity index is 1.51. The molecular weight excluding hydrogens is 368 g/mol. The lowest BCUT2D eigenvalue weighted by Gasteiger charge is -2.09. The molecule has 0 saturated heterocycles. The second-order valence-electron chi connectivity index (χ2n) is 6.93. The van der Waals surface area contributed by atoms with E-state index in [4.69, 9.17) is 4.52 Å². The van der Waals surface area contributed by atoms with Gasteiger partial charge in [0.1, 0.15) is 11.2 Å². The van der Waals surface area contributed by atoms with Gasteiger partial charge in [0.25, 0.3) is 11.1 Å². The number of amides is 1. The summed E-state index contributed by atoms with van der Waals surface area (Å²) in [7, 11) is 0. The van der Waals surface area contributed by atoms with Gasteiger partial charge in [0.05, 0.1) is 6.33 Å². The quantitative estimate of drug-likeness (QED) is 0.563. The van der Waals surface area contributed by atoms with E-state index in [-0.39, 0.29) is 30.0 Å². The third-order valence-corrected chi connectivity index (χ3v) is 4.73. The van der Waals surface area contributed by atoms with Crippen molar-refractivity contribution in [2.75, 3.05) is 5.32 Å². The SMILES string of the molecule is Cc1ccc(NC(=O)CCn2cnc3c(-c4ccccc4)noc3c2=O)c(C)c1. The van der Waals surface area contributed by atoms with Crippen LogP contribution in [0.15, 0.2) is 64.2 Å². The molecule has 0 unspecified atom stereocenters. The Hall–Kier alpha value is -3.74. The minimum Gasteiger partial charge on any atom is -0.348 e. The molecule has 2 aromatic heterocycles. The molecule has 0 bridgehead atoms. The number of aromatic nitrogens is 3. The van der Waals surface area contributed by atoms with E-state index < -0.39 is 0 Å². The second kappa shape index (κ2) is 7.71. The fraction of sp³-hybridized carbons (Fsp3) is 0.182. The number of fused-ring (bicyclic) bond motifs is 1. The van der Waals surface area contributed by atoms with Crippen molar-refractivity contribution in [3.8, 4) is 11.3 Å². The van der Waals surface area contributed by atoms with Crippen LogP contribution in [0.25, 0.3) is 22.4 Å². The summed E-state index contributed by atoms with van der Waals surface area (Å²) in [5.41, 5.74) is 4.38. The molecule has 0 atom stereocenters. The number of hydrogen-bond acceptors (Lipinski definition) is 5. The van der Waals surface area contributed by atoms with Gasteiger partial charge in [-0.2, -0.15) is 0 Å². The highest BCUT2D eigenvalue weighted by molar-refractivity contribution is 5.91. The molecule has 0 fully saturated rings. The molecule has 0 saturated carbocycles. The summed E-state index contributed by atoms with van der Waals surface area (Å²) in [6.07, 6.45) is 1.57.